The summed E-state index contributed by atoms with van der Waals surface area (Å²) in [6.45, 7) is 4.37. The van der Waals surface area contributed by atoms with Crippen LogP contribution in [0.15, 0.2) is 30.3 Å². The van der Waals surface area contributed by atoms with Crippen molar-refractivity contribution in [3.05, 3.63) is 36.0 Å². The Kier molecular flexibility index (Phi) is 3.90. The Morgan fingerprint density at radius 3 is 2.95 bits per heavy atom. The van der Waals surface area contributed by atoms with Crippen molar-refractivity contribution >= 4 is 16.6 Å². The zero-order valence-corrected chi connectivity index (χ0v) is 12.5. The highest BCUT2D eigenvalue weighted by Gasteiger charge is 2.21. The molecule has 1 N–H and O–H groups in total. The highest BCUT2D eigenvalue weighted by atomic mass is 14.9. The molecule has 0 saturated heterocycles. The van der Waals surface area contributed by atoms with Crippen molar-refractivity contribution < 1.29 is 0 Å². The number of hydrogen-bond donors (Lipinski definition) is 1. The van der Waals surface area contributed by atoms with Crippen LogP contribution >= 0.6 is 0 Å². The molecule has 1 fully saturated rings. The van der Waals surface area contributed by atoms with Gasteiger partial charge in [-0.05, 0) is 37.8 Å². The number of benzene rings is 1. The van der Waals surface area contributed by atoms with E-state index in [9.17, 15) is 0 Å². The van der Waals surface area contributed by atoms with E-state index < -0.39 is 0 Å². The van der Waals surface area contributed by atoms with E-state index in [-0.39, 0.29) is 0 Å². The molecule has 1 saturated carbocycles. The van der Waals surface area contributed by atoms with Gasteiger partial charge in [-0.15, -0.1) is 0 Å². The molecule has 1 aliphatic rings. The molecule has 1 aliphatic carbocycles. The van der Waals surface area contributed by atoms with Gasteiger partial charge in [0, 0.05) is 17.1 Å². The van der Waals surface area contributed by atoms with Crippen molar-refractivity contribution in [1.29, 1.82) is 0 Å². The second kappa shape index (κ2) is 5.82. The fraction of sp³-hybridized carbons (Fsp3) is 0.500. The molecular formula is C18H24N2. The monoisotopic (exact) mass is 268 g/mol. The van der Waals surface area contributed by atoms with Gasteiger partial charge < -0.3 is 5.32 Å². The molecule has 106 valence electrons. The van der Waals surface area contributed by atoms with Crippen molar-refractivity contribution in [3.8, 4) is 0 Å². The van der Waals surface area contributed by atoms with Crippen molar-refractivity contribution in [3.63, 3.8) is 0 Å². The van der Waals surface area contributed by atoms with Crippen LogP contribution in [0.3, 0.4) is 0 Å². The summed E-state index contributed by atoms with van der Waals surface area (Å²) >= 11 is 0. The number of para-hydroxylation sites is 1. The van der Waals surface area contributed by atoms with Gasteiger partial charge in [0.15, 0.2) is 0 Å². The van der Waals surface area contributed by atoms with Gasteiger partial charge in [0.25, 0.3) is 0 Å². The maximum absolute atomic E-state index is 4.72. The normalized spacial score (nSPS) is 22.9. The lowest BCUT2D eigenvalue weighted by Gasteiger charge is -2.30. The molecule has 0 radical (unpaired) electrons. The molecule has 1 heterocycles. The Bertz CT molecular complexity index is 591. The maximum atomic E-state index is 4.72. The third kappa shape index (κ3) is 2.79. The first-order chi connectivity index (χ1) is 9.76. The zero-order chi connectivity index (χ0) is 13.9. The average molecular weight is 268 g/mol. The van der Waals surface area contributed by atoms with Crippen molar-refractivity contribution in [2.75, 3.05) is 5.32 Å². The quantitative estimate of drug-likeness (QED) is 0.854. The Hall–Kier alpha value is -1.57. The Balaban J connectivity index is 1.85. The summed E-state index contributed by atoms with van der Waals surface area (Å²) in [5.41, 5.74) is 3.40. The molecule has 20 heavy (non-hydrogen) atoms. The van der Waals surface area contributed by atoms with Crippen LogP contribution in [0, 0.1) is 12.8 Å². The second-order valence-corrected chi connectivity index (χ2v) is 6.11. The predicted molar refractivity (Wildman–Crippen MR) is 86.1 cm³/mol. The molecule has 3 rings (SSSR count). The molecule has 0 amide bonds. The smallest absolute Gasteiger partial charge is 0.0936 e. The first kappa shape index (κ1) is 13.4. The molecule has 0 spiro atoms. The number of anilines is 1. The Labute approximate surface area is 121 Å². The number of fused-ring (bicyclic) bond motifs is 1. The van der Waals surface area contributed by atoms with E-state index in [1.54, 1.807) is 0 Å². The largest absolute Gasteiger partial charge is 0.381 e. The molecule has 2 aromatic rings. The number of rotatable bonds is 3. The Morgan fingerprint density at radius 2 is 2.10 bits per heavy atom. The number of nitrogens with one attached hydrogen (secondary N) is 1. The highest BCUT2D eigenvalue weighted by molar-refractivity contribution is 5.90. The van der Waals surface area contributed by atoms with Crippen LogP contribution < -0.4 is 5.32 Å². The minimum absolute atomic E-state index is 0.613. The predicted octanol–water partition coefficient (Wildman–Crippen LogP) is 4.92. The van der Waals surface area contributed by atoms with E-state index in [1.165, 1.54) is 43.2 Å². The number of aromatic nitrogens is 1. The van der Waals surface area contributed by atoms with E-state index in [0.29, 0.717) is 6.04 Å². The van der Waals surface area contributed by atoms with Gasteiger partial charge in [0.1, 0.15) is 0 Å². The number of hydrogen-bond acceptors (Lipinski definition) is 2. The molecule has 2 unspecified atom stereocenters. The van der Waals surface area contributed by atoms with Gasteiger partial charge in [0.05, 0.1) is 11.2 Å². The molecule has 2 nitrogen and oxygen atoms in total. The molecular weight excluding hydrogens is 244 g/mol. The average Bonchev–Trinajstić information content (AvgIpc) is 2.48. The van der Waals surface area contributed by atoms with Gasteiger partial charge in [-0.3, -0.25) is 4.98 Å². The number of pyridine rings is 1. The van der Waals surface area contributed by atoms with Crippen LogP contribution in [0.5, 0.6) is 0 Å². The fourth-order valence-corrected chi connectivity index (χ4v) is 3.37. The topological polar surface area (TPSA) is 24.9 Å². The fourth-order valence-electron chi connectivity index (χ4n) is 3.37. The standard InChI is InChI=1S/C18H24N2/c1-3-14-6-4-8-16(12-14)20-17-9-5-7-15-11-10-13(2)19-18(15)17/h5,7,9-11,14,16,20H,3-4,6,8,12H2,1-2H3. The minimum atomic E-state index is 0.613. The van der Waals surface area contributed by atoms with Gasteiger partial charge in [0.2, 0.25) is 0 Å². The van der Waals surface area contributed by atoms with Crippen molar-refractivity contribution in [1.82, 2.24) is 4.98 Å². The summed E-state index contributed by atoms with van der Waals surface area (Å²) in [5, 5.41) is 4.98. The van der Waals surface area contributed by atoms with Crippen LogP contribution in [0.4, 0.5) is 5.69 Å². The summed E-state index contributed by atoms with van der Waals surface area (Å²) in [6, 6.07) is 11.3. The minimum Gasteiger partial charge on any atom is -0.381 e. The summed E-state index contributed by atoms with van der Waals surface area (Å²) in [4.78, 5) is 4.72. The van der Waals surface area contributed by atoms with E-state index in [1.807, 2.05) is 0 Å². The summed E-state index contributed by atoms with van der Waals surface area (Å²) in [7, 11) is 0. The first-order valence-electron chi connectivity index (χ1n) is 7.89. The van der Waals surface area contributed by atoms with Crippen molar-refractivity contribution in [2.45, 2.75) is 52.0 Å². The third-order valence-corrected chi connectivity index (χ3v) is 4.58. The molecule has 0 bridgehead atoms. The van der Waals surface area contributed by atoms with Gasteiger partial charge in [-0.25, -0.2) is 0 Å². The number of nitrogens with zero attached hydrogens (tertiary/aromatic N) is 1. The highest BCUT2D eigenvalue weighted by Crippen LogP contribution is 2.30. The molecule has 2 heteroatoms. The van der Waals surface area contributed by atoms with E-state index in [4.69, 9.17) is 4.98 Å². The van der Waals surface area contributed by atoms with Gasteiger partial charge in [-0.2, -0.15) is 0 Å². The molecule has 0 aliphatic heterocycles. The summed E-state index contributed by atoms with van der Waals surface area (Å²) < 4.78 is 0. The maximum Gasteiger partial charge on any atom is 0.0936 e. The SMILES string of the molecule is CCC1CCCC(Nc2cccc3ccc(C)nc23)C1. The van der Waals surface area contributed by atoms with E-state index >= 15 is 0 Å². The van der Waals surface area contributed by atoms with E-state index in [0.717, 1.165) is 17.1 Å². The van der Waals surface area contributed by atoms with Crippen LogP contribution in [0.25, 0.3) is 10.9 Å². The molecule has 1 aromatic carbocycles. The van der Waals surface area contributed by atoms with Crippen LogP contribution in [0.2, 0.25) is 0 Å². The van der Waals surface area contributed by atoms with E-state index in [2.05, 4.69) is 49.5 Å². The van der Waals surface area contributed by atoms with Gasteiger partial charge >= 0.3 is 0 Å². The zero-order valence-electron chi connectivity index (χ0n) is 12.5. The Morgan fingerprint density at radius 1 is 1.20 bits per heavy atom. The lowest BCUT2D eigenvalue weighted by Crippen LogP contribution is -2.27. The van der Waals surface area contributed by atoms with Crippen LogP contribution in [-0.2, 0) is 0 Å². The van der Waals surface area contributed by atoms with Crippen LogP contribution in [0.1, 0.15) is 44.7 Å². The lowest BCUT2D eigenvalue weighted by atomic mass is 9.84. The number of aryl methyl sites for hydroxylation is 1. The summed E-state index contributed by atoms with van der Waals surface area (Å²) in [6.07, 6.45) is 6.66. The molecule has 1 aromatic heterocycles. The van der Waals surface area contributed by atoms with Crippen LogP contribution in [-0.4, -0.2) is 11.0 Å². The molecule has 2 atom stereocenters. The first-order valence-corrected chi connectivity index (χ1v) is 7.89. The third-order valence-electron chi connectivity index (χ3n) is 4.58. The van der Waals surface area contributed by atoms with Gasteiger partial charge in [-0.1, -0.05) is 44.4 Å². The lowest BCUT2D eigenvalue weighted by molar-refractivity contribution is 0.327. The van der Waals surface area contributed by atoms with Crippen molar-refractivity contribution in [2.24, 2.45) is 5.92 Å². The summed E-state index contributed by atoms with van der Waals surface area (Å²) in [5.74, 6) is 0.894. The second-order valence-electron chi connectivity index (χ2n) is 6.11.